The van der Waals surface area contributed by atoms with Crippen LogP contribution in [0.2, 0.25) is 0 Å². The summed E-state index contributed by atoms with van der Waals surface area (Å²) in [5.74, 6) is -0.205. The van der Waals surface area contributed by atoms with Crippen LogP contribution in [0.1, 0.15) is 43.0 Å². The van der Waals surface area contributed by atoms with Crippen molar-refractivity contribution >= 4 is 17.3 Å². The van der Waals surface area contributed by atoms with Crippen LogP contribution in [0.4, 0.5) is 5.69 Å². The largest absolute Gasteiger partial charge is 0.399 e. The van der Waals surface area contributed by atoms with E-state index in [2.05, 4.69) is 0 Å². The fourth-order valence-electron chi connectivity index (χ4n) is 2.72. The third-order valence-corrected chi connectivity index (χ3v) is 3.57. The molecule has 0 saturated carbocycles. The molecule has 0 aliphatic heterocycles. The maximum absolute atomic E-state index is 12.6. The molecule has 0 heterocycles. The lowest BCUT2D eigenvalue weighted by Crippen LogP contribution is -2.23. The summed E-state index contributed by atoms with van der Waals surface area (Å²) in [6.45, 7) is 3.65. The number of nitrogens with two attached hydrogens (primary N) is 1. The van der Waals surface area contributed by atoms with E-state index in [1.54, 1.807) is 31.2 Å². The van der Waals surface area contributed by atoms with Gasteiger partial charge < -0.3 is 5.73 Å². The van der Waals surface area contributed by atoms with Gasteiger partial charge in [-0.3, -0.25) is 9.59 Å². The van der Waals surface area contributed by atoms with Gasteiger partial charge in [0.15, 0.2) is 11.6 Å². The summed E-state index contributed by atoms with van der Waals surface area (Å²) in [7, 11) is 0. The quantitative estimate of drug-likeness (QED) is 0.625. The topological polar surface area (TPSA) is 60.2 Å². The molecule has 2 N–H and O–H groups in total. The molecule has 19 heavy (non-hydrogen) atoms. The first-order chi connectivity index (χ1) is 9.00. The van der Waals surface area contributed by atoms with E-state index in [0.717, 1.165) is 11.1 Å². The Hall–Kier alpha value is -2.42. The average molecular weight is 251 g/mol. The second-order valence-electron chi connectivity index (χ2n) is 4.92. The van der Waals surface area contributed by atoms with Gasteiger partial charge in [0.25, 0.3) is 0 Å². The maximum atomic E-state index is 12.6. The number of aryl methyl sites for hydroxylation is 2. The van der Waals surface area contributed by atoms with Crippen molar-refractivity contribution in [1.82, 2.24) is 0 Å². The fraction of sp³-hybridized carbons (Fsp3) is 0.125. The van der Waals surface area contributed by atoms with Crippen molar-refractivity contribution in [3.63, 3.8) is 0 Å². The zero-order valence-electron chi connectivity index (χ0n) is 10.8. The number of ketones is 2. The van der Waals surface area contributed by atoms with Gasteiger partial charge in [-0.25, -0.2) is 0 Å². The number of benzene rings is 2. The van der Waals surface area contributed by atoms with Gasteiger partial charge in [0.2, 0.25) is 0 Å². The summed E-state index contributed by atoms with van der Waals surface area (Å²) < 4.78 is 0. The molecule has 3 rings (SSSR count). The molecule has 0 bridgehead atoms. The minimum Gasteiger partial charge on any atom is -0.399 e. The molecule has 1 aliphatic carbocycles. The van der Waals surface area contributed by atoms with E-state index >= 15 is 0 Å². The number of nitrogen functional groups attached to an aromatic ring is 1. The van der Waals surface area contributed by atoms with Crippen molar-refractivity contribution in [1.29, 1.82) is 0 Å². The lowest BCUT2D eigenvalue weighted by molar-refractivity contribution is 0.0978. The van der Waals surface area contributed by atoms with E-state index < -0.39 is 0 Å². The summed E-state index contributed by atoms with van der Waals surface area (Å²) >= 11 is 0. The second-order valence-corrected chi connectivity index (χ2v) is 4.92. The van der Waals surface area contributed by atoms with Crippen molar-refractivity contribution in [2.75, 3.05) is 5.73 Å². The summed E-state index contributed by atoms with van der Waals surface area (Å²) in [6, 6.07) is 8.68. The van der Waals surface area contributed by atoms with Gasteiger partial charge in [-0.15, -0.1) is 0 Å². The van der Waals surface area contributed by atoms with Crippen LogP contribution in [0.5, 0.6) is 0 Å². The predicted octanol–water partition coefficient (Wildman–Crippen LogP) is 2.66. The van der Waals surface area contributed by atoms with Crippen LogP contribution < -0.4 is 5.73 Å². The van der Waals surface area contributed by atoms with Crippen LogP contribution in [0.15, 0.2) is 30.3 Å². The van der Waals surface area contributed by atoms with E-state index in [-0.39, 0.29) is 11.6 Å². The first-order valence-electron chi connectivity index (χ1n) is 6.10. The lowest BCUT2D eigenvalue weighted by Gasteiger charge is -2.21. The van der Waals surface area contributed by atoms with Crippen LogP contribution in [0, 0.1) is 13.8 Å². The van der Waals surface area contributed by atoms with Gasteiger partial charge in [-0.05, 0) is 37.1 Å². The lowest BCUT2D eigenvalue weighted by atomic mass is 9.80. The third-order valence-electron chi connectivity index (χ3n) is 3.57. The molecule has 0 radical (unpaired) electrons. The second kappa shape index (κ2) is 3.79. The molecule has 3 nitrogen and oxygen atoms in total. The molecule has 0 amide bonds. The average Bonchev–Trinajstić information content (AvgIpc) is 2.35. The van der Waals surface area contributed by atoms with Crippen molar-refractivity contribution in [3.8, 4) is 0 Å². The molecular weight excluding hydrogens is 238 g/mol. The highest BCUT2D eigenvalue weighted by molar-refractivity contribution is 6.29. The van der Waals surface area contributed by atoms with Crippen LogP contribution in [-0.4, -0.2) is 11.6 Å². The fourth-order valence-corrected chi connectivity index (χ4v) is 2.72. The number of hydrogen-bond acceptors (Lipinski definition) is 3. The minimum atomic E-state index is -0.113. The van der Waals surface area contributed by atoms with E-state index in [1.165, 1.54) is 0 Å². The van der Waals surface area contributed by atoms with Crippen molar-refractivity contribution in [2.45, 2.75) is 13.8 Å². The molecule has 1 aliphatic rings. The molecule has 2 aromatic carbocycles. The van der Waals surface area contributed by atoms with Crippen LogP contribution >= 0.6 is 0 Å². The molecule has 0 atom stereocenters. The monoisotopic (exact) mass is 251 g/mol. The number of carbonyl (C=O) groups is 2. The molecule has 0 saturated heterocycles. The van der Waals surface area contributed by atoms with Crippen LogP contribution in [0.25, 0.3) is 0 Å². The molecule has 2 aromatic rings. The Morgan fingerprint density at radius 3 is 2.21 bits per heavy atom. The molecule has 94 valence electrons. The van der Waals surface area contributed by atoms with Gasteiger partial charge >= 0.3 is 0 Å². The van der Waals surface area contributed by atoms with Gasteiger partial charge in [-0.1, -0.05) is 18.2 Å². The zero-order valence-corrected chi connectivity index (χ0v) is 10.8. The summed E-state index contributed by atoms with van der Waals surface area (Å²) in [6.07, 6.45) is 0. The molecular formula is C16H13NO2. The predicted molar refractivity (Wildman–Crippen MR) is 73.6 cm³/mol. The van der Waals surface area contributed by atoms with Gasteiger partial charge in [0.05, 0.1) is 0 Å². The smallest absolute Gasteiger partial charge is 0.194 e. The first kappa shape index (κ1) is 11.7. The van der Waals surface area contributed by atoms with Gasteiger partial charge in [0, 0.05) is 27.9 Å². The Balaban J connectivity index is 2.40. The Kier molecular flexibility index (Phi) is 2.32. The molecule has 0 unspecified atom stereocenters. The zero-order chi connectivity index (χ0) is 13.7. The standard InChI is InChI=1S/C16H13NO2/c1-8-4-3-5-11-13(8)16(19)12-7-10(17)6-9(2)14(12)15(11)18/h3-7H,17H2,1-2H3. The number of rotatable bonds is 0. The maximum Gasteiger partial charge on any atom is 0.194 e. The normalized spacial score (nSPS) is 13.2. The highest BCUT2D eigenvalue weighted by atomic mass is 16.1. The Morgan fingerprint density at radius 2 is 1.47 bits per heavy atom. The first-order valence-corrected chi connectivity index (χ1v) is 6.10. The molecule has 0 aromatic heterocycles. The highest BCUT2D eigenvalue weighted by Gasteiger charge is 2.31. The number of carbonyl (C=O) groups excluding carboxylic acids is 2. The van der Waals surface area contributed by atoms with E-state index in [1.807, 2.05) is 13.0 Å². The van der Waals surface area contributed by atoms with E-state index in [9.17, 15) is 9.59 Å². The number of fused-ring (bicyclic) bond motifs is 2. The van der Waals surface area contributed by atoms with E-state index in [0.29, 0.717) is 27.9 Å². The van der Waals surface area contributed by atoms with E-state index in [4.69, 9.17) is 5.73 Å². The summed E-state index contributed by atoms with van der Waals surface area (Å²) in [4.78, 5) is 25.1. The van der Waals surface area contributed by atoms with Crippen LogP contribution in [-0.2, 0) is 0 Å². The summed E-state index contributed by atoms with van der Waals surface area (Å²) in [5.41, 5.74) is 9.76. The van der Waals surface area contributed by atoms with Gasteiger partial charge in [-0.2, -0.15) is 0 Å². The van der Waals surface area contributed by atoms with Gasteiger partial charge in [0.1, 0.15) is 0 Å². The van der Waals surface area contributed by atoms with Crippen LogP contribution in [0.3, 0.4) is 0 Å². The Labute approximate surface area is 111 Å². The minimum absolute atomic E-state index is 0.0919. The molecule has 0 spiro atoms. The third kappa shape index (κ3) is 1.51. The number of hydrogen-bond donors (Lipinski definition) is 1. The SMILES string of the molecule is Cc1cccc2c1C(=O)c1cc(N)cc(C)c1C2=O. The Bertz CT molecular complexity index is 745. The van der Waals surface area contributed by atoms with Crippen molar-refractivity contribution in [3.05, 3.63) is 63.7 Å². The highest BCUT2D eigenvalue weighted by Crippen LogP contribution is 2.32. The molecule has 3 heteroatoms. The van der Waals surface area contributed by atoms with Crippen molar-refractivity contribution < 1.29 is 9.59 Å². The Morgan fingerprint density at radius 1 is 0.842 bits per heavy atom. The summed E-state index contributed by atoms with van der Waals surface area (Å²) in [5, 5.41) is 0. The van der Waals surface area contributed by atoms with Crippen molar-refractivity contribution in [2.24, 2.45) is 0 Å². The number of anilines is 1. The molecule has 0 fully saturated rings.